The number of cyclic esters (lactones) is 1. The lowest BCUT2D eigenvalue weighted by atomic mass is 9.85. The van der Waals surface area contributed by atoms with Gasteiger partial charge in [-0.3, -0.25) is 14.4 Å². The molecule has 0 unspecified atom stereocenters. The van der Waals surface area contributed by atoms with E-state index in [1.165, 1.54) is 11.6 Å². The first kappa shape index (κ1) is 24.5. The number of aromatic nitrogens is 2. The molecule has 0 bridgehead atoms. The molecular weight excluding hydrogens is 453 g/mol. The summed E-state index contributed by atoms with van der Waals surface area (Å²) in [5.74, 6) is -1.24. The van der Waals surface area contributed by atoms with Crippen LogP contribution in [0.3, 0.4) is 0 Å². The van der Waals surface area contributed by atoms with E-state index in [1.807, 2.05) is 26.8 Å². The topological polar surface area (TPSA) is 125 Å². The lowest BCUT2D eigenvalue weighted by Gasteiger charge is -2.21. The fourth-order valence-electron chi connectivity index (χ4n) is 5.03. The van der Waals surface area contributed by atoms with Crippen molar-refractivity contribution in [3.05, 3.63) is 61.7 Å². The monoisotopic (exact) mass is 481 g/mol. The number of esters is 1. The number of fused-ring (bicyclic) bond motifs is 5. The molecule has 6 rings (SSSR count). The number of hydrogen-bond donors (Lipinski definition) is 2. The van der Waals surface area contributed by atoms with Crippen molar-refractivity contribution in [2.24, 2.45) is 5.73 Å². The van der Waals surface area contributed by atoms with E-state index in [-0.39, 0.29) is 30.4 Å². The number of benzene rings is 1. The third kappa shape index (κ3) is 4.10. The smallest absolute Gasteiger partial charge is 0.310 e. The third-order valence-corrected chi connectivity index (χ3v) is 6.59. The summed E-state index contributed by atoms with van der Waals surface area (Å²) in [7, 11) is 0. The molecule has 0 spiro atoms. The Morgan fingerprint density at radius 3 is 2.54 bits per heavy atom. The highest BCUT2D eigenvalue weighted by Crippen LogP contribution is 2.41. The maximum Gasteiger partial charge on any atom is 0.310 e. The standard InChI is InChI=1S/C22H17FN2O3.C2H5NO2.C2H6/c1-10-12-3-2-4-13-14-8-25-18(21(14)24-17(20(12)13)7-16(10)23)5-11-6-19(26)28-9-15(11)22(25)27;3-2(5)1-4;1-2/h5,7H,2-4,6,8-9H2,1H3;4H,1H2,(H2,3,5);1-2H3. The number of halogens is 1. The third-order valence-electron chi connectivity index (χ3n) is 6.59. The van der Waals surface area contributed by atoms with Crippen molar-refractivity contribution < 1.29 is 23.8 Å². The van der Waals surface area contributed by atoms with E-state index in [2.05, 4.69) is 5.73 Å². The second kappa shape index (κ2) is 9.58. The summed E-state index contributed by atoms with van der Waals surface area (Å²) in [6.45, 7) is 5.77. The van der Waals surface area contributed by atoms with Crippen LogP contribution in [0.1, 0.15) is 53.6 Å². The van der Waals surface area contributed by atoms with E-state index < -0.39 is 12.5 Å². The van der Waals surface area contributed by atoms with Crippen LogP contribution in [0.5, 0.6) is 0 Å². The first-order valence-corrected chi connectivity index (χ1v) is 11.7. The maximum atomic E-state index is 14.5. The number of rotatable bonds is 1. The molecule has 0 radical (unpaired) electrons. The predicted octanol–water partition coefficient (Wildman–Crippen LogP) is 2.45. The van der Waals surface area contributed by atoms with Crippen molar-refractivity contribution in [2.45, 2.75) is 59.6 Å². The van der Waals surface area contributed by atoms with Crippen LogP contribution in [0.25, 0.3) is 22.3 Å². The van der Waals surface area contributed by atoms with Gasteiger partial charge in [0.05, 0.1) is 35.4 Å². The SMILES string of the molecule is CC.Cc1c(F)cc2nc3c(c4c2c1CCC4)Cn1c-3cc2c(c1=O)COC(=O)C2.NC(=O)CO. The predicted molar refractivity (Wildman–Crippen MR) is 128 cm³/mol. The molecule has 1 amide bonds. The first-order chi connectivity index (χ1) is 16.8. The molecule has 1 aliphatic carbocycles. The summed E-state index contributed by atoms with van der Waals surface area (Å²) in [6.07, 6.45) is 2.83. The summed E-state index contributed by atoms with van der Waals surface area (Å²) in [5.41, 5.74) is 11.7. The van der Waals surface area contributed by atoms with Gasteiger partial charge in [0.2, 0.25) is 5.91 Å². The van der Waals surface area contributed by atoms with Gasteiger partial charge in [0.15, 0.2) is 0 Å². The first-order valence-electron chi connectivity index (χ1n) is 11.7. The minimum absolute atomic E-state index is 0.0282. The van der Waals surface area contributed by atoms with Gasteiger partial charge in [0, 0.05) is 17.0 Å². The van der Waals surface area contributed by atoms with Crippen LogP contribution in [0.2, 0.25) is 0 Å². The minimum atomic E-state index is -0.690. The van der Waals surface area contributed by atoms with Gasteiger partial charge >= 0.3 is 5.97 Å². The second-order valence-electron chi connectivity index (χ2n) is 8.51. The van der Waals surface area contributed by atoms with Crippen molar-refractivity contribution in [1.29, 1.82) is 0 Å². The molecule has 4 heterocycles. The number of pyridine rings is 2. The molecule has 2 aliphatic heterocycles. The molecule has 0 saturated carbocycles. The molecule has 0 fully saturated rings. The van der Waals surface area contributed by atoms with Crippen LogP contribution >= 0.6 is 0 Å². The van der Waals surface area contributed by atoms with Gasteiger partial charge in [-0.2, -0.15) is 0 Å². The van der Waals surface area contributed by atoms with Crippen molar-refractivity contribution in [3.8, 4) is 11.4 Å². The molecule has 1 aromatic carbocycles. The van der Waals surface area contributed by atoms with Crippen LogP contribution in [0.15, 0.2) is 16.9 Å². The number of carbonyl (C=O) groups excluding carboxylic acids is 2. The number of amides is 1. The lowest BCUT2D eigenvalue weighted by molar-refractivity contribution is -0.145. The summed E-state index contributed by atoms with van der Waals surface area (Å²) in [5, 5.41) is 8.73. The minimum Gasteiger partial charge on any atom is -0.460 e. The Morgan fingerprint density at radius 1 is 1.17 bits per heavy atom. The zero-order chi connectivity index (χ0) is 25.4. The van der Waals surface area contributed by atoms with E-state index >= 15 is 0 Å². The quantitative estimate of drug-likeness (QED) is 0.403. The Labute approximate surface area is 201 Å². The number of ether oxygens (including phenoxy) is 1. The fourth-order valence-corrected chi connectivity index (χ4v) is 5.03. The van der Waals surface area contributed by atoms with Crippen molar-refractivity contribution >= 4 is 22.8 Å². The summed E-state index contributed by atoms with van der Waals surface area (Å²) in [6, 6.07) is 3.41. The number of aryl methyl sites for hydroxylation is 2. The van der Waals surface area contributed by atoms with E-state index in [9.17, 15) is 18.8 Å². The van der Waals surface area contributed by atoms with Crippen LogP contribution in [-0.2, 0) is 46.7 Å². The Kier molecular flexibility index (Phi) is 6.71. The Morgan fingerprint density at radius 2 is 1.86 bits per heavy atom. The number of nitrogens with zero attached hydrogens (tertiary/aromatic N) is 2. The maximum absolute atomic E-state index is 14.5. The zero-order valence-electron chi connectivity index (χ0n) is 20.0. The highest BCUT2D eigenvalue weighted by molar-refractivity contribution is 5.92. The van der Waals surface area contributed by atoms with Gasteiger partial charge in [-0.1, -0.05) is 13.8 Å². The summed E-state index contributed by atoms with van der Waals surface area (Å²) >= 11 is 0. The average Bonchev–Trinajstić information content (AvgIpc) is 3.23. The molecule has 3 aromatic rings. The molecule has 3 N–H and O–H groups in total. The van der Waals surface area contributed by atoms with Crippen molar-refractivity contribution in [2.75, 3.05) is 6.61 Å². The van der Waals surface area contributed by atoms with Crippen molar-refractivity contribution in [1.82, 2.24) is 9.55 Å². The van der Waals surface area contributed by atoms with E-state index in [1.54, 1.807) is 4.57 Å². The summed E-state index contributed by atoms with van der Waals surface area (Å²) < 4.78 is 21.3. The van der Waals surface area contributed by atoms with E-state index in [0.717, 1.165) is 47.2 Å². The van der Waals surface area contributed by atoms with E-state index in [0.29, 0.717) is 28.8 Å². The normalized spacial score (nSPS) is 14.5. The lowest BCUT2D eigenvalue weighted by Crippen LogP contribution is -2.30. The second-order valence-corrected chi connectivity index (χ2v) is 8.51. The zero-order valence-corrected chi connectivity index (χ0v) is 20.0. The van der Waals surface area contributed by atoms with E-state index in [4.69, 9.17) is 14.8 Å². The molecule has 2 aromatic heterocycles. The number of nitrogens with two attached hydrogens (primary N) is 1. The highest BCUT2D eigenvalue weighted by Gasteiger charge is 2.32. The highest BCUT2D eigenvalue weighted by atomic mass is 19.1. The van der Waals surface area contributed by atoms with Gasteiger partial charge in [0.1, 0.15) is 19.0 Å². The molecule has 8 nitrogen and oxygen atoms in total. The van der Waals surface area contributed by atoms with Crippen LogP contribution in [0.4, 0.5) is 4.39 Å². The summed E-state index contributed by atoms with van der Waals surface area (Å²) in [4.78, 5) is 38.9. The fraction of sp³-hybridized carbons (Fsp3) is 0.385. The number of hydrogen-bond acceptors (Lipinski definition) is 6. The number of primary amides is 1. The van der Waals surface area contributed by atoms with Gasteiger partial charge in [0.25, 0.3) is 5.56 Å². The molecular formula is C26H28FN3O5. The molecule has 35 heavy (non-hydrogen) atoms. The van der Waals surface area contributed by atoms with Gasteiger partial charge in [-0.25, -0.2) is 9.37 Å². The Bertz CT molecular complexity index is 1430. The molecule has 0 saturated heterocycles. The average molecular weight is 482 g/mol. The van der Waals surface area contributed by atoms with Gasteiger partial charge in [-0.15, -0.1) is 0 Å². The molecule has 0 atom stereocenters. The molecule has 9 heteroatoms. The van der Waals surface area contributed by atoms with Crippen LogP contribution in [-0.4, -0.2) is 33.1 Å². The Hall–Kier alpha value is -3.59. The molecule has 184 valence electrons. The number of carbonyl (C=O) groups is 2. The van der Waals surface area contributed by atoms with Gasteiger partial charge in [-0.05, 0) is 54.5 Å². The molecule has 3 aliphatic rings. The number of aliphatic hydroxyl groups excluding tert-OH is 1. The van der Waals surface area contributed by atoms with Crippen LogP contribution in [0, 0.1) is 12.7 Å². The van der Waals surface area contributed by atoms with Gasteiger partial charge < -0.3 is 20.1 Å². The van der Waals surface area contributed by atoms with Crippen molar-refractivity contribution in [3.63, 3.8) is 0 Å². The largest absolute Gasteiger partial charge is 0.460 e. The van der Waals surface area contributed by atoms with Crippen LogP contribution < -0.4 is 11.3 Å². The number of aliphatic hydroxyl groups is 1. The Balaban J connectivity index is 0.000000371.